The minimum Gasteiger partial charge on any atom is -0.337 e. The topological polar surface area (TPSA) is 50.9 Å². The third kappa shape index (κ3) is 3.43. The second-order valence-electron chi connectivity index (χ2n) is 8.36. The van der Waals surface area contributed by atoms with Crippen LogP contribution in [0.4, 0.5) is 0 Å². The Kier molecular flexibility index (Phi) is 4.61. The Balaban J connectivity index is 1.36. The predicted octanol–water partition coefficient (Wildman–Crippen LogP) is 3.03. The van der Waals surface area contributed by atoms with Crippen molar-refractivity contribution in [3.63, 3.8) is 0 Å². The molecule has 1 unspecified atom stereocenters. The highest BCUT2D eigenvalue weighted by Crippen LogP contribution is 2.56. The summed E-state index contributed by atoms with van der Waals surface area (Å²) in [5.74, 6) is 1.15. The predicted molar refractivity (Wildman–Crippen MR) is 112 cm³/mol. The summed E-state index contributed by atoms with van der Waals surface area (Å²) in [5, 5.41) is 7.84. The Bertz CT molecular complexity index is 948. The number of nitrogens with one attached hydrogen (secondary N) is 1. The average molecular weight is 397 g/mol. The maximum absolute atomic E-state index is 4.60. The highest BCUT2D eigenvalue weighted by Gasteiger charge is 2.56. The summed E-state index contributed by atoms with van der Waals surface area (Å²) in [4.78, 5) is 9.99. The Morgan fingerprint density at radius 2 is 2.11 bits per heavy atom. The second kappa shape index (κ2) is 7.13. The summed E-state index contributed by atoms with van der Waals surface area (Å²) in [7, 11) is 4.07. The van der Waals surface area contributed by atoms with Crippen LogP contribution in [-0.4, -0.2) is 43.4 Å². The van der Waals surface area contributed by atoms with Crippen LogP contribution < -0.4 is 5.32 Å². The lowest BCUT2D eigenvalue weighted by molar-refractivity contribution is 0.184. The fourth-order valence-corrected chi connectivity index (χ4v) is 5.69. The van der Waals surface area contributed by atoms with Crippen LogP contribution in [0.25, 0.3) is 10.4 Å². The number of hydrogen-bond donors (Lipinski definition) is 1. The van der Waals surface area contributed by atoms with Gasteiger partial charge in [0.25, 0.3) is 0 Å². The number of nitrogens with zero attached hydrogens (tertiary/aromatic N) is 5. The van der Waals surface area contributed by atoms with Crippen molar-refractivity contribution in [3.05, 3.63) is 47.6 Å². The number of imidazole rings is 1. The van der Waals surface area contributed by atoms with Crippen LogP contribution in [0, 0.1) is 5.41 Å². The summed E-state index contributed by atoms with van der Waals surface area (Å²) < 4.78 is 4.02. The zero-order valence-electron chi connectivity index (χ0n) is 16.6. The molecule has 0 radical (unpaired) electrons. The lowest BCUT2D eigenvalue weighted by Gasteiger charge is -2.29. The van der Waals surface area contributed by atoms with Gasteiger partial charge in [0.2, 0.25) is 0 Å². The largest absolute Gasteiger partial charge is 0.337 e. The molecular weight excluding hydrogens is 368 g/mol. The summed E-state index contributed by atoms with van der Waals surface area (Å²) >= 11 is 1.89. The van der Waals surface area contributed by atoms with E-state index in [0.29, 0.717) is 11.5 Å². The van der Waals surface area contributed by atoms with E-state index >= 15 is 0 Å². The molecular formula is C21H28N6S. The van der Waals surface area contributed by atoms with Crippen LogP contribution in [-0.2, 0) is 27.2 Å². The lowest BCUT2D eigenvalue weighted by Crippen LogP contribution is -2.36. The van der Waals surface area contributed by atoms with Gasteiger partial charge in [-0.2, -0.15) is 5.10 Å². The molecule has 28 heavy (non-hydrogen) atoms. The molecule has 0 amide bonds. The van der Waals surface area contributed by atoms with E-state index in [1.807, 2.05) is 41.7 Å². The summed E-state index contributed by atoms with van der Waals surface area (Å²) in [6.07, 6.45) is 11.9. The van der Waals surface area contributed by atoms with Gasteiger partial charge in [-0.05, 0) is 49.9 Å². The van der Waals surface area contributed by atoms with E-state index in [2.05, 4.69) is 50.2 Å². The van der Waals surface area contributed by atoms with Gasteiger partial charge in [0.05, 0.1) is 12.7 Å². The van der Waals surface area contributed by atoms with E-state index in [9.17, 15) is 0 Å². The van der Waals surface area contributed by atoms with Crippen LogP contribution in [0.1, 0.15) is 30.0 Å². The van der Waals surface area contributed by atoms with Crippen LogP contribution in [0.15, 0.2) is 36.9 Å². The van der Waals surface area contributed by atoms with Crippen LogP contribution in [0.5, 0.6) is 0 Å². The lowest BCUT2D eigenvalue weighted by atomic mass is 9.93. The maximum atomic E-state index is 4.60. The molecule has 1 aliphatic heterocycles. The van der Waals surface area contributed by atoms with Crippen molar-refractivity contribution in [3.8, 4) is 10.4 Å². The standard InChI is InChI=1S/C21H28N6S/c1-25-10-9-23-20(25)15-27(19-11-21(19)5-7-22-8-6-21)14-17-3-4-18(28-17)16-12-24-26(2)13-16/h3-4,9-10,12-13,19,22H,5-8,11,14-15H2,1-2H3. The van der Waals surface area contributed by atoms with Gasteiger partial charge >= 0.3 is 0 Å². The molecule has 1 saturated heterocycles. The molecule has 2 fully saturated rings. The SMILES string of the molecule is Cn1cc(-c2ccc(CN(Cc3nccn3C)C3CC34CCNCC4)s2)cn1. The van der Waals surface area contributed by atoms with Crippen molar-refractivity contribution in [2.24, 2.45) is 19.5 Å². The number of thiophene rings is 1. The summed E-state index contributed by atoms with van der Waals surface area (Å²) in [6.45, 7) is 4.24. The third-order valence-electron chi connectivity index (χ3n) is 6.46. The molecule has 0 aromatic carbocycles. The number of aryl methyl sites for hydroxylation is 2. The van der Waals surface area contributed by atoms with Crippen LogP contribution >= 0.6 is 11.3 Å². The molecule has 3 aromatic rings. The minimum atomic E-state index is 0.528. The van der Waals surface area contributed by atoms with Gasteiger partial charge in [0.15, 0.2) is 0 Å². The molecule has 5 rings (SSSR count). The van der Waals surface area contributed by atoms with Crippen molar-refractivity contribution in [1.29, 1.82) is 0 Å². The maximum Gasteiger partial charge on any atom is 0.122 e. The van der Waals surface area contributed by atoms with E-state index in [4.69, 9.17) is 0 Å². The Morgan fingerprint density at radius 3 is 2.82 bits per heavy atom. The number of piperidine rings is 1. The molecule has 1 aliphatic carbocycles. The molecule has 7 heteroatoms. The first kappa shape index (κ1) is 18.1. The fourth-order valence-electron chi connectivity index (χ4n) is 4.68. The normalized spacial score (nSPS) is 20.9. The molecule has 1 N–H and O–H groups in total. The molecule has 6 nitrogen and oxygen atoms in total. The first-order valence-corrected chi connectivity index (χ1v) is 10.9. The molecule has 1 saturated carbocycles. The number of rotatable bonds is 6. The summed E-state index contributed by atoms with van der Waals surface area (Å²) in [5.41, 5.74) is 1.73. The van der Waals surface area contributed by atoms with Crippen LogP contribution in [0.3, 0.4) is 0 Å². The fraction of sp³-hybridized carbons (Fsp3) is 0.524. The van der Waals surface area contributed by atoms with Gasteiger partial charge in [-0.3, -0.25) is 9.58 Å². The average Bonchev–Trinajstić information content (AvgIpc) is 3.12. The van der Waals surface area contributed by atoms with Crippen LogP contribution in [0.2, 0.25) is 0 Å². The molecule has 4 heterocycles. The van der Waals surface area contributed by atoms with Gasteiger partial charge in [-0.25, -0.2) is 4.98 Å². The number of hydrogen-bond acceptors (Lipinski definition) is 5. The molecule has 1 atom stereocenters. The van der Waals surface area contributed by atoms with E-state index in [1.165, 1.54) is 34.6 Å². The van der Waals surface area contributed by atoms with Crippen molar-refractivity contribution < 1.29 is 0 Å². The highest BCUT2D eigenvalue weighted by molar-refractivity contribution is 7.15. The van der Waals surface area contributed by atoms with Gasteiger partial charge < -0.3 is 9.88 Å². The quantitative estimate of drug-likeness (QED) is 0.696. The Morgan fingerprint density at radius 1 is 1.25 bits per heavy atom. The van der Waals surface area contributed by atoms with Crippen molar-refractivity contribution in [2.45, 2.75) is 38.4 Å². The second-order valence-corrected chi connectivity index (χ2v) is 9.53. The smallest absolute Gasteiger partial charge is 0.122 e. The first-order valence-electron chi connectivity index (χ1n) is 10.1. The molecule has 1 spiro atoms. The molecule has 2 aliphatic rings. The molecule has 148 valence electrons. The van der Waals surface area contributed by atoms with Crippen molar-refractivity contribution in [2.75, 3.05) is 13.1 Å². The van der Waals surface area contributed by atoms with E-state index in [0.717, 1.165) is 32.0 Å². The van der Waals surface area contributed by atoms with Gasteiger partial charge in [0.1, 0.15) is 5.82 Å². The monoisotopic (exact) mass is 396 g/mol. The van der Waals surface area contributed by atoms with E-state index in [-0.39, 0.29) is 0 Å². The van der Waals surface area contributed by atoms with E-state index < -0.39 is 0 Å². The molecule has 3 aromatic heterocycles. The highest BCUT2D eigenvalue weighted by atomic mass is 32.1. The summed E-state index contributed by atoms with van der Waals surface area (Å²) in [6, 6.07) is 5.20. The van der Waals surface area contributed by atoms with Crippen molar-refractivity contribution in [1.82, 2.24) is 29.5 Å². The Hall–Kier alpha value is -1.96. The zero-order valence-corrected chi connectivity index (χ0v) is 17.5. The van der Waals surface area contributed by atoms with Gasteiger partial charge in [-0.1, -0.05) is 0 Å². The van der Waals surface area contributed by atoms with E-state index in [1.54, 1.807) is 0 Å². The zero-order chi connectivity index (χ0) is 19.1. The number of aromatic nitrogens is 4. The minimum absolute atomic E-state index is 0.528. The van der Waals surface area contributed by atoms with Gasteiger partial charge in [-0.15, -0.1) is 11.3 Å². The van der Waals surface area contributed by atoms with Crippen molar-refractivity contribution >= 4 is 11.3 Å². The van der Waals surface area contributed by atoms with Gasteiger partial charge in [0, 0.05) is 60.6 Å². The third-order valence-corrected chi connectivity index (χ3v) is 7.58. The molecule has 0 bridgehead atoms. The Labute approximate surface area is 170 Å². The first-order chi connectivity index (χ1) is 13.6.